The summed E-state index contributed by atoms with van der Waals surface area (Å²) in [6, 6.07) is 20.4. The predicted molar refractivity (Wildman–Crippen MR) is 120 cm³/mol. The molecule has 0 N–H and O–H groups in total. The molecule has 1 saturated heterocycles. The van der Waals surface area contributed by atoms with Gasteiger partial charge in [-0.15, -0.1) is 0 Å². The van der Waals surface area contributed by atoms with Crippen LogP contribution in [0.5, 0.6) is 0 Å². The molecule has 0 radical (unpaired) electrons. The molecule has 158 valence electrons. The van der Waals surface area contributed by atoms with Gasteiger partial charge in [-0.1, -0.05) is 54.7 Å². The Morgan fingerprint density at radius 3 is 2.48 bits per heavy atom. The molecule has 1 fully saturated rings. The first kappa shape index (κ1) is 20.8. The van der Waals surface area contributed by atoms with Gasteiger partial charge in [-0.05, 0) is 36.8 Å². The van der Waals surface area contributed by atoms with Gasteiger partial charge in [0.15, 0.2) is 0 Å². The summed E-state index contributed by atoms with van der Waals surface area (Å²) in [6.45, 7) is 3.31. The van der Waals surface area contributed by atoms with Crippen molar-refractivity contribution in [3.8, 4) is 11.3 Å². The second kappa shape index (κ2) is 9.14. The molecule has 0 atom stereocenters. The van der Waals surface area contributed by atoms with Crippen LogP contribution in [-0.2, 0) is 17.8 Å². The summed E-state index contributed by atoms with van der Waals surface area (Å²) in [7, 11) is 0. The van der Waals surface area contributed by atoms with Crippen LogP contribution in [-0.4, -0.2) is 39.9 Å². The number of carbonyl (C=O) groups is 2. The molecule has 0 bridgehead atoms. The van der Waals surface area contributed by atoms with E-state index in [9.17, 15) is 9.59 Å². The van der Waals surface area contributed by atoms with Crippen LogP contribution in [0, 0.1) is 0 Å². The normalized spacial score (nSPS) is 13.7. The Morgan fingerprint density at radius 2 is 1.77 bits per heavy atom. The number of carbonyl (C=O) groups excluding carboxylic acids is 2. The van der Waals surface area contributed by atoms with E-state index in [-0.39, 0.29) is 12.0 Å². The average Bonchev–Trinajstić information content (AvgIpc) is 3.35. The molecule has 7 heteroatoms. The quantitative estimate of drug-likeness (QED) is 0.391. The molecular weight excluding hydrogens is 412 g/mol. The molecule has 4 rings (SSSR count). The number of rotatable bonds is 7. The van der Waals surface area contributed by atoms with Crippen molar-refractivity contribution < 1.29 is 18.7 Å². The molecule has 2 heterocycles. The third-order valence-corrected chi connectivity index (χ3v) is 5.35. The highest BCUT2D eigenvalue weighted by molar-refractivity contribution is 7.80. The third-order valence-electron chi connectivity index (χ3n) is 5.00. The number of urea groups is 1. The maximum Gasteiger partial charge on any atom is 0.338 e. The van der Waals surface area contributed by atoms with Crippen molar-refractivity contribution in [2.75, 3.05) is 13.2 Å². The fourth-order valence-electron chi connectivity index (χ4n) is 3.43. The van der Waals surface area contributed by atoms with Gasteiger partial charge in [0.2, 0.25) is 0 Å². The summed E-state index contributed by atoms with van der Waals surface area (Å²) in [4.78, 5) is 28.5. The van der Waals surface area contributed by atoms with Gasteiger partial charge >= 0.3 is 12.0 Å². The number of hydrogen-bond acceptors (Lipinski definition) is 5. The monoisotopic (exact) mass is 434 g/mol. The zero-order valence-corrected chi connectivity index (χ0v) is 17.9. The summed E-state index contributed by atoms with van der Waals surface area (Å²) in [5, 5.41) is 0. The Labute approximate surface area is 186 Å². The Bertz CT molecular complexity index is 1090. The molecule has 1 aromatic heterocycles. The minimum atomic E-state index is -0.349. The van der Waals surface area contributed by atoms with Crippen molar-refractivity contribution in [1.29, 1.82) is 0 Å². The standard InChI is InChI=1S/C24H22N2O4S/c1-2-29-23(27)19-10-8-18(9-11-19)21-13-12-20(30-21)15-25-16-22(31)26(24(25)28)14-17-6-4-3-5-7-17/h3-13H,2,14-16H2,1H3. The second-order valence-electron chi connectivity index (χ2n) is 7.17. The van der Waals surface area contributed by atoms with Gasteiger partial charge in [0.05, 0.1) is 31.8 Å². The minimum absolute atomic E-state index is 0.120. The Kier molecular flexibility index (Phi) is 6.13. The van der Waals surface area contributed by atoms with Crippen LogP contribution in [0.25, 0.3) is 11.3 Å². The van der Waals surface area contributed by atoms with Gasteiger partial charge in [0.1, 0.15) is 16.5 Å². The van der Waals surface area contributed by atoms with Crippen molar-refractivity contribution in [2.45, 2.75) is 20.0 Å². The van der Waals surface area contributed by atoms with Crippen LogP contribution in [0.15, 0.2) is 71.1 Å². The van der Waals surface area contributed by atoms with E-state index >= 15 is 0 Å². The molecule has 6 nitrogen and oxygen atoms in total. The van der Waals surface area contributed by atoms with Crippen LogP contribution in [0.2, 0.25) is 0 Å². The van der Waals surface area contributed by atoms with Crippen molar-refractivity contribution >= 4 is 29.2 Å². The third kappa shape index (κ3) is 4.67. The lowest BCUT2D eigenvalue weighted by molar-refractivity contribution is 0.0526. The minimum Gasteiger partial charge on any atom is -0.462 e. The van der Waals surface area contributed by atoms with Crippen LogP contribution >= 0.6 is 12.2 Å². The zero-order valence-electron chi connectivity index (χ0n) is 17.1. The van der Waals surface area contributed by atoms with Crippen molar-refractivity contribution in [2.24, 2.45) is 0 Å². The van der Waals surface area contributed by atoms with Gasteiger partial charge < -0.3 is 14.1 Å². The zero-order chi connectivity index (χ0) is 21.8. The first-order valence-electron chi connectivity index (χ1n) is 10.0. The van der Waals surface area contributed by atoms with E-state index < -0.39 is 0 Å². The molecule has 1 aliphatic rings. The number of amides is 2. The van der Waals surface area contributed by atoms with Gasteiger partial charge in [0.25, 0.3) is 0 Å². The highest BCUT2D eigenvalue weighted by Crippen LogP contribution is 2.25. The lowest BCUT2D eigenvalue weighted by Gasteiger charge is -2.17. The molecule has 0 aliphatic carbocycles. The summed E-state index contributed by atoms with van der Waals surface area (Å²) >= 11 is 5.44. The Balaban J connectivity index is 1.41. The number of ether oxygens (including phenoxy) is 1. The van der Waals surface area contributed by atoms with E-state index in [0.717, 1.165) is 11.1 Å². The van der Waals surface area contributed by atoms with E-state index in [2.05, 4.69) is 0 Å². The van der Waals surface area contributed by atoms with E-state index in [1.807, 2.05) is 54.6 Å². The van der Waals surface area contributed by atoms with Gasteiger partial charge in [-0.2, -0.15) is 0 Å². The number of thiocarbonyl (C=S) groups is 1. The number of hydrogen-bond donors (Lipinski definition) is 0. The molecule has 0 saturated carbocycles. The first-order valence-corrected chi connectivity index (χ1v) is 10.5. The van der Waals surface area contributed by atoms with Crippen LogP contribution in [0.3, 0.4) is 0 Å². The number of esters is 1. The highest BCUT2D eigenvalue weighted by Gasteiger charge is 2.33. The predicted octanol–water partition coefficient (Wildman–Crippen LogP) is 4.89. The molecule has 3 aromatic rings. The maximum atomic E-state index is 12.8. The largest absolute Gasteiger partial charge is 0.462 e. The Hall–Kier alpha value is -3.45. The Morgan fingerprint density at radius 1 is 1.03 bits per heavy atom. The van der Waals surface area contributed by atoms with Gasteiger partial charge in [-0.3, -0.25) is 4.90 Å². The van der Waals surface area contributed by atoms with E-state index in [4.69, 9.17) is 21.4 Å². The fraction of sp³-hybridized carbons (Fsp3) is 0.208. The summed E-state index contributed by atoms with van der Waals surface area (Å²) in [5.74, 6) is 0.987. The summed E-state index contributed by atoms with van der Waals surface area (Å²) in [5.41, 5.74) is 2.37. The fourth-order valence-corrected chi connectivity index (χ4v) is 3.73. The van der Waals surface area contributed by atoms with Crippen molar-refractivity contribution in [3.63, 3.8) is 0 Å². The van der Waals surface area contributed by atoms with Gasteiger partial charge in [-0.25, -0.2) is 9.59 Å². The maximum absolute atomic E-state index is 12.8. The lowest BCUT2D eigenvalue weighted by atomic mass is 10.1. The number of nitrogens with zero attached hydrogens (tertiary/aromatic N) is 2. The smallest absolute Gasteiger partial charge is 0.338 e. The van der Waals surface area contributed by atoms with Crippen LogP contribution < -0.4 is 0 Å². The molecule has 0 unspecified atom stereocenters. The molecule has 2 aromatic carbocycles. The molecular formula is C24H22N2O4S. The number of benzene rings is 2. The SMILES string of the molecule is CCOC(=O)c1ccc(-c2ccc(CN3CC(=S)N(Cc4ccccc4)C3=O)o2)cc1. The lowest BCUT2D eigenvalue weighted by Crippen LogP contribution is -2.31. The van der Waals surface area contributed by atoms with Gasteiger partial charge in [0, 0.05) is 5.56 Å². The van der Waals surface area contributed by atoms with E-state index in [0.29, 0.717) is 48.3 Å². The van der Waals surface area contributed by atoms with Crippen molar-refractivity contribution in [1.82, 2.24) is 9.80 Å². The number of furan rings is 1. The summed E-state index contributed by atoms with van der Waals surface area (Å²) < 4.78 is 10.9. The second-order valence-corrected chi connectivity index (χ2v) is 7.64. The average molecular weight is 435 g/mol. The van der Waals surface area contributed by atoms with E-state index in [1.165, 1.54) is 0 Å². The molecule has 0 spiro atoms. The highest BCUT2D eigenvalue weighted by atomic mass is 32.1. The summed E-state index contributed by atoms with van der Waals surface area (Å²) in [6.07, 6.45) is 0. The molecule has 31 heavy (non-hydrogen) atoms. The van der Waals surface area contributed by atoms with Crippen molar-refractivity contribution in [3.05, 3.63) is 83.6 Å². The molecule has 1 aliphatic heterocycles. The molecule has 2 amide bonds. The first-order chi connectivity index (χ1) is 15.0. The topological polar surface area (TPSA) is 63.0 Å². The van der Waals surface area contributed by atoms with Crippen LogP contribution in [0.4, 0.5) is 4.79 Å². The van der Waals surface area contributed by atoms with Crippen LogP contribution in [0.1, 0.15) is 28.6 Å². The van der Waals surface area contributed by atoms with E-state index in [1.54, 1.807) is 28.9 Å².